The second-order valence-corrected chi connectivity index (χ2v) is 7.55. The number of piperidine rings is 2. The van der Waals surface area contributed by atoms with Crippen LogP contribution in [0.25, 0.3) is 0 Å². The summed E-state index contributed by atoms with van der Waals surface area (Å²) in [5.41, 5.74) is 1.00. The number of ether oxygens (including phenoxy) is 1. The molecule has 2 unspecified atom stereocenters. The summed E-state index contributed by atoms with van der Waals surface area (Å²) < 4.78 is 5.19. The van der Waals surface area contributed by atoms with Gasteiger partial charge in [0, 0.05) is 24.6 Å². The molecule has 2 heterocycles. The number of hydrogen-bond acceptors (Lipinski definition) is 2. The molecule has 4 nitrogen and oxygen atoms in total. The van der Waals surface area contributed by atoms with E-state index in [-0.39, 0.29) is 0 Å². The molecule has 3 N–H and O–H groups in total. The number of methoxy groups -OCH3 is 1. The minimum atomic E-state index is 0.513. The average molecular weight is 349 g/mol. The van der Waals surface area contributed by atoms with Gasteiger partial charge in [0.2, 0.25) is 0 Å². The van der Waals surface area contributed by atoms with E-state index in [1.165, 1.54) is 45.1 Å². The highest BCUT2D eigenvalue weighted by Gasteiger charge is 2.41. The Bertz CT molecular complexity index is 534. The molecule has 2 aliphatic rings. The molecule has 132 valence electrons. The van der Waals surface area contributed by atoms with Crippen LogP contribution >= 0.6 is 12.2 Å². The number of fused-ring (bicyclic) bond motifs is 2. The van der Waals surface area contributed by atoms with E-state index in [4.69, 9.17) is 17.0 Å². The second kappa shape index (κ2) is 8.17. The molecular weight excluding hydrogens is 318 g/mol. The van der Waals surface area contributed by atoms with E-state index in [9.17, 15) is 0 Å². The molecule has 5 heteroatoms. The maximum Gasteiger partial charge on any atom is 0.171 e. The van der Waals surface area contributed by atoms with Gasteiger partial charge >= 0.3 is 0 Å². The predicted octanol–water partition coefficient (Wildman–Crippen LogP) is 2.36. The Hall–Kier alpha value is -1.33. The number of anilines is 1. The highest BCUT2D eigenvalue weighted by molar-refractivity contribution is 7.80. The Morgan fingerprint density at radius 3 is 2.46 bits per heavy atom. The van der Waals surface area contributed by atoms with Crippen molar-refractivity contribution < 1.29 is 9.64 Å². The third-order valence-corrected chi connectivity index (χ3v) is 5.73. The van der Waals surface area contributed by atoms with Crippen molar-refractivity contribution in [2.75, 3.05) is 19.0 Å². The SMILES string of the molecule is CCC[NH+]1[C@@H]2CCC[C@H]1CC(NC(=S)Nc1ccc(OC)cc1)C2. The van der Waals surface area contributed by atoms with Crippen LogP contribution in [-0.4, -0.2) is 36.9 Å². The number of hydrogen-bond donors (Lipinski definition) is 3. The molecule has 0 spiro atoms. The maximum atomic E-state index is 5.53. The molecule has 0 aliphatic carbocycles. The van der Waals surface area contributed by atoms with Crippen molar-refractivity contribution in [3.05, 3.63) is 24.3 Å². The van der Waals surface area contributed by atoms with Crippen molar-refractivity contribution in [3.63, 3.8) is 0 Å². The van der Waals surface area contributed by atoms with E-state index in [0.29, 0.717) is 6.04 Å². The lowest BCUT2D eigenvalue weighted by molar-refractivity contribution is -0.961. The normalized spacial score (nSPS) is 28.9. The zero-order valence-electron chi connectivity index (χ0n) is 14.8. The van der Waals surface area contributed by atoms with Crippen LogP contribution in [0, 0.1) is 0 Å². The smallest absolute Gasteiger partial charge is 0.171 e. The van der Waals surface area contributed by atoms with Gasteiger partial charge in [-0.1, -0.05) is 6.92 Å². The van der Waals surface area contributed by atoms with Gasteiger partial charge in [-0.05, 0) is 62.2 Å². The van der Waals surface area contributed by atoms with Crippen molar-refractivity contribution >= 4 is 23.0 Å². The first-order valence-corrected chi connectivity index (χ1v) is 9.67. The van der Waals surface area contributed by atoms with E-state index in [2.05, 4.69) is 17.6 Å². The minimum absolute atomic E-state index is 0.513. The van der Waals surface area contributed by atoms with Crippen molar-refractivity contribution in [2.45, 2.75) is 63.6 Å². The first kappa shape index (κ1) is 17.5. The molecule has 2 fully saturated rings. The fraction of sp³-hybridized carbons (Fsp3) is 0.632. The van der Waals surface area contributed by atoms with Crippen molar-refractivity contribution in [2.24, 2.45) is 0 Å². The molecule has 0 amide bonds. The summed E-state index contributed by atoms with van der Waals surface area (Å²) in [6.45, 7) is 3.64. The first-order chi connectivity index (χ1) is 11.7. The third-order valence-electron chi connectivity index (χ3n) is 5.51. The Morgan fingerprint density at radius 1 is 1.21 bits per heavy atom. The van der Waals surface area contributed by atoms with E-state index in [0.717, 1.165) is 28.6 Å². The molecule has 1 aromatic rings. The lowest BCUT2D eigenvalue weighted by atomic mass is 9.81. The van der Waals surface area contributed by atoms with E-state index < -0.39 is 0 Å². The van der Waals surface area contributed by atoms with Gasteiger partial charge in [-0.3, -0.25) is 0 Å². The molecule has 0 radical (unpaired) electrons. The number of thiocarbonyl (C=S) groups is 1. The largest absolute Gasteiger partial charge is 0.497 e. The molecule has 3 rings (SSSR count). The van der Waals surface area contributed by atoms with Gasteiger partial charge in [0.05, 0.1) is 25.7 Å². The predicted molar refractivity (Wildman–Crippen MR) is 103 cm³/mol. The summed E-state index contributed by atoms with van der Waals surface area (Å²) in [4.78, 5) is 1.86. The van der Waals surface area contributed by atoms with Gasteiger partial charge in [-0.2, -0.15) is 0 Å². The number of benzene rings is 1. The molecule has 1 aromatic carbocycles. The van der Waals surface area contributed by atoms with Crippen molar-refractivity contribution in [1.29, 1.82) is 0 Å². The van der Waals surface area contributed by atoms with E-state index >= 15 is 0 Å². The molecule has 4 atom stereocenters. The standard InChI is InChI=1S/C19H29N3OS/c1-3-11-22-16-5-4-6-17(22)13-15(12-16)21-19(24)20-14-7-9-18(23-2)10-8-14/h7-10,15-17H,3-6,11-13H2,1-2H3,(H2,20,21,24)/p+1/t15?,16-,17+. The Labute approximate surface area is 150 Å². The van der Waals surface area contributed by atoms with Gasteiger partial charge < -0.3 is 20.3 Å². The highest BCUT2D eigenvalue weighted by atomic mass is 32.1. The summed E-state index contributed by atoms with van der Waals surface area (Å²) in [6, 6.07) is 10.0. The molecular formula is C19H30N3OS+. The van der Waals surface area contributed by atoms with Crippen LogP contribution in [0.4, 0.5) is 5.69 Å². The number of quaternary nitrogens is 1. The molecule has 2 aliphatic heterocycles. The van der Waals surface area contributed by atoms with Crippen molar-refractivity contribution in [1.82, 2.24) is 5.32 Å². The summed E-state index contributed by atoms with van der Waals surface area (Å²) >= 11 is 5.53. The fourth-order valence-corrected chi connectivity index (χ4v) is 4.76. The molecule has 0 aromatic heterocycles. The molecule has 2 bridgehead atoms. The van der Waals surface area contributed by atoms with Crippen LogP contribution in [0.5, 0.6) is 5.75 Å². The quantitative estimate of drug-likeness (QED) is 0.714. The Morgan fingerprint density at radius 2 is 1.88 bits per heavy atom. The van der Waals surface area contributed by atoms with Crippen LogP contribution in [0.1, 0.15) is 45.4 Å². The lowest BCUT2D eigenvalue weighted by Gasteiger charge is -2.46. The van der Waals surface area contributed by atoms with Gasteiger partial charge in [0.25, 0.3) is 0 Å². The molecule has 24 heavy (non-hydrogen) atoms. The zero-order chi connectivity index (χ0) is 16.9. The average Bonchev–Trinajstić information content (AvgIpc) is 2.56. The monoisotopic (exact) mass is 348 g/mol. The maximum absolute atomic E-state index is 5.53. The minimum Gasteiger partial charge on any atom is -0.497 e. The lowest BCUT2D eigenvalue weighted by Crippen LogP contribution is -3.21. The van der Waals surface area contributed by atoms with Gasteiger partial charge in [-0.15, -0.1) is 0 Å². The topological polar surface area (TPSA) is 37.7 Å². The number of nitrogens with one attached hydrogen (secondary N) is 3. The van der Waals surface area contributed by atoms with E-state index in [1.807, 2.05) is 29.2 Å². The van der Waals surface area contributed by atoms with Gasteiger partial charge in [0.15, 0.2) is 5.11 Å². The first-order valence-electron chi connectivity index (χ1n) is 9.26. The molecule has 2 saturated heterocycles. The van der Waals surface area contributed by atoms with Crippen LogP contribution in [0.15, 0.2) is 24.3 Å². The number of rotatable bonds is 5. The zero-order valence-corrected chi connectivity index (χ0v) is 15.6. The Kier molecular flexibility index (Phi) is 5.95. The second-order valence-electron chi connectivity index (χ2n) is 7.14. The van der Waals surface area contributed by atoms with Crippen LogP contribution in [0.2, 0.25) is 0 Å². The van der Waals surface area contributed by atoms with Crippen LogP contribution < -0.4 is 20.3 Å². The third kappa shape index (κ3) is 4.19. The molecule has 0 saturated carbocycles. The summed E-state index contributed by atoms with van der Waals surface area (Å²) in [6.07, 6.45) is 7.94. The van der Waals surface area contributed by atoms with Gasteiger partial charge in [-0.25, -0.2) is 0 Å². The van der Waals surface area contributed by atoms with Crippen molar-refractivity contribution in [3.8, 4) is 5.75 Å². The fourth-order valence-electron chi connectivity index (χ4n) is 4.48. The highest BCUT2D eigenvalue weighted by Crippen LogP contribution is 2.22. The Balaban J connectivity index is 1.53. The van der Waals surface area contributed by atoms with Gasteiger partial charge in [0.1, 0.15) is 5.75 Å². The summed E-state index contributed by atoms with van der Waals surface area (Å²) in [7, 11) is 1.68. The summed E-state index contributed by atoms with van der Waals surface area (Å²) in [5, 5.41) is 7.60. The van der Waals surface area contributed by atoms with Crippen LogP contribution in [-0.2, 0) is 0 Å². The van der Waals surface area contributed by atoms with Crippen LogP contribution in [0.3, 0.4) is 0 Å². The van der Waals surface area contributed by atoms with E-state index in [1.54, 1.807) is 7.11 Å². The summed E-state index contributed by atoms with van der Waals surface area (Å²) in [5.74, 6) is 0.860.